The summed E-state index contributed by atoms with van der Waals surface area (Å²) in [5.41, 5.74) is -5.53. The summed E-state index contributed by atoms with van der Waals surface area (Å²) in [5, 5.41) is 8.38. The van der Waals surface area contributed by atoms with E-state index in [4.69, 9.17) is 23.1 Å². The first kappa shape index (κ1) is 12.7. The molecule has 6 nitrogen and oxygen atoms in total. The largest absolute Gasteiger partial charge is 0.522 e. The van der Waals surface area contributed by atoms with Crippen molar-refractivity contribution in [1.82, 2.24) is 0 Å². The summed E-state index contributed by atoms with van der Waals surface area (Å²) in [6.07, 6.45) is 0. The highest BCUT2D eigenvalue weighted by atomic mass is 32.2. The van der Waals surface area contributed by atoms with Crippen LogP contribution < -0.4 is 5.34 Å². The van der Waals surface area contributed by atoms with E-state index < -0.39 is 15.6 Å². The molecule has 0 saturated heterocycles. The topological polar surface area (TPSA) is 108 Å². The molecule has 0 heterocycles. The number of hydrogen-bond donors (Lipinski definition) is 2. The molecule has 0 aromatic heterocycles. The maximum Gasteiger partial charge on any atom is 0.522 e. The van der Waals surface area contributed by atoms with E-state index in [-0.39, 0.29) is 5.34 Å². The summed E-state index contributed by atoms with van der Waals surface area (Å²) >= 11 is 0. The van der Waals surface area contributed by atoms with E-state index in [9.17, 15) is 13.2 Å². The van der Waals surface area contributed by atoms with Crippen molar-refractivity contribution in [2.75, 3.05) is 0 Å². The molecule has 0 aliphatic carbocycles. The smallest absolute Gasteiger partial charge is 0.279 e. The zero-order valence-electron chi connectivity index (χ0n) is 4.62. The molecule has 0 aromatic carbocycles. The van der Waals surface area contributed by atoms with Crippen LogP contribution in [0.4, 0.5) is 13.2 Å². The van der Waals surface area contributed by atoms with Crippen LogP contribution in [-0.2, 0) is 10.1 Å². The zero-order valence-corrected chi connectivity index (χ0v) is 5.44. The number of hydrogen-bond acceptors (Lipinski definition) is 4. The highest BCUT2D eigenvalue weighted by Gasteiger charge is 2.44. The minimum absolute atomic E-state index is 0.250. The molecule has 2 N–H and O–H groups in total. The molecule has 0 amide bonds. The fourth-order valence-corrected chi connectivity index (χ4v) is 0. The van der Waals surface area contributed by atoms with Crippen LogP contribution in [-0.4, -0.2) is 18.5 Å². The lowest BCUT2D eigenvalue weighted by molar-refractivity contribution is -0.398. The Hall–Kier alpha value is -0.900. The average Bonchev–Trinajstić information content (AvgIpc) is 1.60. The number of rotatable bonds is 0. The van der Waals surface area contributed by atoms with Crippen LogP contribution in [0, 0.1) is 10.1 Å². The van der Waals surface area contributed by atoms with Crippen molar-refractivity contribution in [2.45, 2.75) is 5.51 Å². The molecule has 0 unspecified atom stereocenters. The van der Waals surface area contributed by atoms with Crippen LogP contribution in [0.5, 0.6) is 0 Å². The fourth-order valence-electron chi connectivity index (χ4n) is 0. The first-order chi connectivity index (χ1) is 4.66. The quantitative estimate of drug-likeness (QED) is 0.218. The van der Waals surface area contributed by atoms with E-state index in [2.05, 4.69) is 0 Å². The summed E-state index contributed by atoms with van der Waals surface area (Å²) in [4.78, 5) is 8.12. The van der Waals surface area contributed by atoms with Gasteiger partial charge in [-0.1, -0.05) is 0 Å². The molecular weight excluding hydrogens is 195 g/mol. The SMILES string of the molecule is O=S(=O)(O)C(F)(F)F.O=[NH+][O-]. The van der Waals surface area contributed by atoms with Gasteiger partial charge in [-0.3, -0.25) is 14.7 Å². The van der Waals surface area contributed by atoms with Crippen LogP contribution in [0.15, 0.2) is 0 Å². The first-order valence-electron chi connectivity index (χ1n) is 1.70. The van der Waals surface area contributed by atoms with Crippen molar-refractivity contribution in [1.29, 1.82) is 0 Å². The highest BCUT2D eigenvalue weighted by molar-refractivity contribution is 7.86. The van der Waals surface area contributed by atoms with Gasteiger partial charge < -0.3 is 0 Å². The molecule has 0 saturated carbocycles. The Balaban J connectivity index is 0. The zero-order chi connectivity index (χ0) is 9.71. The predicted octanol–water partition coefficient (Wildman–Crippen LogP) is -1.27. The molecule has 0 radical (unpaired) electrons. The Morgan fingerprint density at radius 3 is 1.45 bits per heavy atom. The van der Waals surface area contributed by atoms with Crippen molar-refractivity contribution >= 4 is 10.1 Å². The van der Waals surface area contributed by atoms with Gasteiger partial charge in [0.2, 0.25) is 0 Å². The van der Waals surface area contributed by atoms with Crippen LogP contribution in [0.25, 0.3) is 0 Å². The lowest BCUT2D eigenvalue weighted by Gasteiger charge is -1.97. The third kappa shape index (κ3) is 6.99. The number of alkyl halides is 3. The third-order valence-corrected chi connectivity index (χ3v) is 0.877. The van der Waals surface area contributed by atoms with Crippen molar-refractivity contribution < 1.29 is 31.5 Å². The van der Waals surface area contributed by atoms with Gasteiger partial charge in [0, 0.05) is 5.34 Å². The van der Waals surface area contributed by atoms with E-state index in [1.807, 2.05) is 0 Å². The predicted molar refractivity (Wildman–Crippen MR) is 25.3 cm³/mol. The van der Waals surface area contributed by atoms with Gasteiger partial charge in [0.15, 0.2) is 0 Å². The minimum Gasteiger partial charge on any atom is -0.279 e. The third-order valence-electron chi connectivity index (χ3n) is 0.292. The standard InChI is InChI=1S/CHF3O3S.HNO2/c2-1(3,4)8(5,6)7;2-1-3/h(H,5,6,7);1H. The molecule has 10 heteroatoms. The lowest BCUT2D eigenvalue weighted by Crippen LogP contribution is -2.53. The Morgan fingerprint density at radius 2 is 1.45 bits per heavy atom. The van der Waals surface area contributed by atoms with E-state index in [0.717, 1.165) is 0 Å². The van der Waals surface area contributed by atoms with Crippen molar-refractivity contribution in [2.24, 2.45) is 0 Å². The second kappa shape index (κ2) is 4.08. The monoisotopic (exact) mass is 197 g/mol. The van der Waals surface area contributed by atoms with Crippen LogP contribution in [0.2, 0.25) is 0 Å². The number of nitrogens with one attached hydrogen (secondary N) is 1. The summed E-state index contributed by atoms with van der Waals surface area (Å²) in [7, 11) is -5.84. The van der Waals surface area contributed by atoms with Gasteiger partial charge in [-0.05, 0) is 0 Å². The lowest BCUT2D eigenvalue weighted by atomic mass is 11.6. The first-order valence-corrected chi connectivity index (χ1v) is 3.14. The van der Waals surface area contributed by atoms with E-state index in [1.165, 1.54) is 0 Å². The second-order valence-electron chi connectivity index (χ2n) is 1.00. The average molecular weight is 197 g/mol. The van der Waals surface area contributed by atoms with E-state index in [1.54, 1.807) is 0 Å². The molecule has 0 spiro atoms. The second-order valence-corrected chi connectivity index (χ2v) is 2.42. The molecule has 0 aromatic rings. The maximum atomic E-state index is 10.7. The molecule has 0 fully saturated rings. The number of halogens is 3. The Bertz CT molecular complexity index is 204. The van der Waals surface area contributed by atoms with Gasteiger partial charge in [0.05, 0.1) is 0 Å². The summed E-state index contributed by atoms with van der Waals surface area (Å²) in [6, 6.07) is 0. The van der Waals surface area contributed by atoms with Gasteiger partial charge in [-0.25, -0.2) is 0 Å². The van der Waals surface area contributed by atoms with Gasteiger partial charge in [0.25, 0.3) is 0 Å². The molecular formula is CH2F3NO5S. The molecule has 0 bridgehead atoms. The highest BCUT2D eigenvalue weighted by Crippen LogP contribution is 2.20. The van der Waals surface area contributed by atoms with Crippen molar-refractivity contribution in [3.63, 3.8) is 0 Å². The molecule has 0 aliphatic rings. The Morgan fingerprint density at radius 1 is 1.36 bits per heavy atom. The molecule has 0 atom stereocenters. The molecule has 0 aliphatic heterocycles. The van der Waals surface area contributed by atoms with Crippen LogP contribution in [0.1, 0.15) is 0 Å². The minimum atomic E-state index is -5.84. The van der Waals surface area contributed by atoms with Crippen molar-refractivity contribution in [3.05, 3.63) is 10.1 Å². The Kier molecular flexibility index (Phi) is 4.73. The van der Waals surface area contributed by atoms with E-state index >= 15 is 0 Å². The molecule has 68 valence electrons. The maximum absolute atomic E-state index is 10.7. The molecule has 0 rings (SSSR count). The normalized spacial score (nSPS) is 11.3. The summed E-state index contributed by atoms with van der Waals surface area (Å²) in [5.74, 6) is 0. The fraction of sp³-hybridized carbons (Fsp3) is 1.00. The van der Waals surface area contributed by atoms with Crippen molar-refractivity contribution in [3.8, 4) is 0 Å². The van der Waals surface area contributed by atoms with Gasteiger partial charge in [-0.2, -0.15) is 21.6 Å². The van der Waals surface area contributed by atoms with Crippen LogP contribution in [0.3, 0.4) is 0 Å². The molecule has 11 heavy (non-hydrogen) atoms. The summed E-state index contributed by atoms with van der Waals surface area (Å²) in [6.45, 7) is 0. The van der Waals surface area contributed by atoms with E-state index in [0.29, 0.717) is 0 Å². The summed E-state index contributed by atoms with van der Waals surface area (Å²) < 4.78 is 57.5. The van der Waals surface area contributed by atoms with Gasteiger partial charge in [0.1, 0.15) is 0 Å². The van der Waals surface area contributed by atoms with Gasteiger partial charge >= 0.3 is 15.6 Å². The van der Waals surface area contributed by atoms with Crippen LogP contribution >= 0.6 is 0 Å². The van der Waals surface area contributed by atoms with Gasteiger partial charge in [-0.15, -0.1) is 0 Å². The Labute approximate surface area is 58.3 Å².